The molecular weight excluding hydrogens is 282 g/mol. The third kappa shape index (κ3) is 3.65. The molecule has 1 aliphatic carbocycles. The first-order chi connectivity index (χ1) is 11.2. The summed E-state index contributed by atoms with van der Waals surface area (Å²) in [5.41, 5.74) is 5.59. The Morgan fingerprint density at radius 2 is 1.96 bits per heavy atom. The van der Waals surface area contributed by atoms with Crippen LogP contribution in [0.2, 0.25) is 0 Å². The molecule has 2 aromatic carbocycles. The summed E-state index contributed by atoms with van der Waals surface area (Å²) in [6.45, 7) is 4.75. The van der Waals surface area contributed by atoms with Crippen LogP contribution in [-0.4, -0.2) is 11.7 Å². The average molecular weight is 309 g/mol. The Morgan fingerprint density at radius 3 is 2.70 bits per heavy atom. The van der Waals surface area contributed by atoms with Crippen LogP contribution in [0.3, 0.4) is 0 Å². The molecular formula is C21H27NO. The molecule has 0 radical (unpaired) electrons. The van der Waals surface area contributed by atoms with E-state index in [2.05, 4.69) is 67.7 Å². The number of hydrogen-bond donors (Lipinski definition) is 2. The van der Waals surface area contributed by atoms with E-state index in [4.69, 9.17) is 0 Å². The first-order valence-corrected chi connectivity index (χ1v) is 8.70. The molecule has 1 aliphatic rings. The number of hydrogen-bond acceptors (Lipinski definition) is 2. The van der Waals surface area contributed by atoms with Crippen LogP contribution in [0.5, 0.6) is 0 Å². The molecule has 23 heavy (non-hydrogen) atoms. The molecule has 0 fully saturated rings. The molecule has 2 N–H and O–H groups in total. The maximum atomic E-state index is 9.24. The van der Waals surface area contributed by atoms with Crippen molar-refractivity contribution >= 4 is 0 Å². The summed E-state index contributed by atoms with van der Waals surface area (Å²) in [6.07, 6.45) is 2.94. The quantitative estimate of drug-likeness (QED) is 0.832. The van der Waals surface area contributed by atoms with Crippen molar-refractivity contribution in [3.05, 3.63) is 70.8 Å². The van der Waals surface area contributed by atoms with Gasteiger partial charge in [-0.3, -0.25) is 0 Å². The molecule has 0 spiro atoms. The highest BCUT2D eigenvalue weighted by Gasteiger charge is 2.31. The summed E-state index contributed by atoms with van der Waals surface area (Å²) in [4.78, 5) is 0. The third-order valence-electron chi connectivity index (χ3n) is 4.98. The van der Waals surface area contributed by atoms with E-state index < -0.39 is 0 Å². The van der Waals surface area contributed by atoms with Crippen molar-refractivity contribution in [2.24, 2.45) is 5.92 Å². The zero-order valence-electron chi connectivity index (χ0n) is 14.1. The number of aliphatic hydroxyl groups excluding tert-OH is 1. The fourth-order valence-corrected chi connectivity index (χ4v) is 3.76. The van der Waals surface area contributed by atoms with E-state index in [9.17, 15) is 5.11 Å². The SMILES string of the molecule is Cc1ccc2c(c1)C(NC(CCCO)c1ccccc1)C(C)C2. The Labute approximate surface area is 139 Å². The van der Waals surface area contributed by atoms with E-state index in [1.165, 1.54) is 22.3 Å². The molecule has 0 bridgehead atoms. The lowest BCUT2D eigenvalue weighted by molar-refractivity contribution is 0.267. The van der Waals surface area contributed by atoms with Crippen molar-refractivity contribution in [1.29, 1.82) is 0 Å². The van der Waals surface area contributed by atoms with Crippen molar-refractivity contribution in [1.82, 2.24) is 5.32 Å². The molecule has 2 aromatic rings. The minimum atomic E-state index is 0.251. The molecule has 0 heterocycles. The average Bonchev–Trinajstić information content (AvgIpc) is 2.87. The summed E-state index contributed by atoms with van der Waals surface area (Å²) < 4.78 is 0. The molecule has 0 saturated carbocycles. The van der Waals surface area contributed by atoms with E-state index in [0.717, 1.165) is 19.3 Å². The van der Waals surface area contributed by atoms with Gasteiger partial charge in [-0.05, 0) is 48.8 Å². The van der Waals surface area contributed by atoms with Gasteiger partial charge >= 0.3 is 0 Å². The van der Waals surface area contributed by atoms with Gasteiger partial charge in [-0.1, -0.05) is 61.0 Å². The van der Waals surface area contributed by atoms with Gasteiger partial charge in [0.1, 0.15) is 0 Å². The predicted octanol–water partition coefficient (Wildman–Crippen LogP) is 4.33. The summed E-state index contributed by atoms with van der Waals surface area (Å²) >= 11 is 0. The van der Waals surface area contributed by atoms with Gasteiger partial charge in [-0.15, -0.1) is 0 Å². The second kappa shape index (κ2) is 7.29. The van der Waals surface area contributed by atoms with Crippen molar-refractivity contribution in [2.75, 3.05) is 6.61 Å². The number of benzene rings is 2. The minimum absolute atomic E-state index is 0.251. The van der Waals surface area contributed by atoms with E-state index in [1.54, 1.807) is 0 Å². The summed E-state index contributed by atoms with van der Waals surface area (Å²) in [5.74, 6) is 0.604. The first kappa shape index (κ1) is 16.2. The van der Waals surface area contributed by atoms with Gasteiger partial charge in [-0.25, -0.2) is 0 Å². The molecule has 0 amide bonds. The van der Waals surface area contributed by atoms with Gasteiger partial charge in [0.15, 0.2) is 0 Å². The van der Waals surface area contributed by atoms with Crippen molar-refractivity contribution in [3.63, 3.8) is 0 Å². The van der Waals surface area contributed by atoms with Crippen LogP contribution in [0.4, 0.5) is 0 Å². The Hall–Kier alpha value is -1.64. The number of rotatable bonds is 6. The predicted molar refractivity (Wildman–Crippen MR) is 95.4 cm³/mol. The second-order valence-electron chi connectivity index (χ2n) is 6.86. The van der Waals surface area contributed by atoms with Crippen LogP contribution in [0.1, 0.15) is 54.1 Å². The highest BCUT2D eigenvalue weighted by Crippen LogP contribution is 2.38. The first-order valence-electron chi connectivity index (χ1n) is 8.70. The van der Waals surface area contributed by atoms with Gasteiger partial charge in [0, 0.05) is 18.7 Å². The van der Waals surface area contributed by atoms with Crippen LogP contribution < -0.4 is 5.32 Å². The molecule has 0 saturated heterocycles. The highest BCUT2D eigenvalue weighted by atomic mass is 16.2. The maximum absolute atomic E-state index is 9.24. The van der Waals surface area contributed by atoms with Gasteiger partial charge < -0.3 is 10.4 Å². The van der Waals surface area contributed by atoms with Gasteiger partial charge in [0.2, 0.25) is 0 Å². The second-order valence-corrected chi connectivity index (χ2v) is 6.86. The Morgan fingerprint density at radius 1 is 1.17 bits per heavy atom. The monoisotopic (exact) mass is 309 g/mol. The number of aryl methyl sites for hydroxylation is 1. The molecule has 3 atom stereocenters. The lowest BCUT2D eigenvalue weighted by Gasteiger charge is -2.27. The zero-order chi connectivity index (χ0) is 16.2. The number of aliphatic hydroxyl groups is 1. The smallest absolute Gasteiger partial charge is 0.0431 e. The molecule has 2 nitrogen and oxygen atoms in total. The maximum Gasteiger partial charge on any atom is 0.0431 e. The number of fused-ring (bicyclic) bond motifs is 1. The lowest BCUT2D eigenvalue weighted by Crippen LogP contribution is -2.29. The Bertz CT molecular complexity index is 638. The van der Waals surface area contributed by atoms with E-state index in [-0.39, 0.29) is 6.61 Å². The van der Waals surface area contributed by atoms with Crippen LogP contribution in [0, 0.1) is 12.8 Å². The van der Waals surface area contributed by atoms with Gasteiger partial charge in [0.05, 0.1) is 0 Å². The lowest BCUT2D eigenvalue weighted by atomic mass is 9.96. The topological polar surface area (TPSA) is 32.3 Å². The Kier molecular flexibility index (Phi) is 5.14. The molecule has 0 aromatic heterocycles. The number of nitrogens with one attached hydrogen (secondary N) is 1. The van der Waals surface area contributed by atoms with E-state index in [0.29, 0.717) is 18.0 Å². The van der Waals surface area contributed by atoms with E-state index in [1.807, 2.05) is 0 Å². The minimum Gasteiger partial charge on any atom is -0.396 e. The van der Waals surface area contributed by atoms with Crippen LogP contribution in [-0.2, 0) is 6.42 Å². The van der Waals surface area contributed by atoms with Crippen molar-refractivity contribution in [3.8, 4) is 0 Å². The fraction of sp³-hybridized carbons (Fsp3) is 0.429. The van der Waals surface area contributed by atoms with Crippen molar-refractivity contribution < 1.29 is 5.11 Å². The summed E-state index contributed by atoms with van der Waals surface area (Å²) in [6, 6.07) is 18.2. The standard InChI is InChI=1S/C21H27NO/c1-15-10-11-18-14-16(2)21(19(18)13-15)22-20(9-6-12-23)17-7-4-3-5-8-17/h3-5,7-8,10-11,13,16,20-23H,6,9,12,14H2,1-2H3. The van der Waals surface area contributed by atoms with Crippen molar-refractivity contribution in [2.45, 2.75) is 45.2 Å². The van der Waals surface area contributed by atoms with Crippen LogP contribution in [0.15, 0.2) is 48.5 Å². The fourth-order valence-electron chi connectivity index (χ4n) is 3.76. The largest absolute Gasteiger partial charge is 0.396 e. The van der Waals surface area contributed by atoms with Crippen LogP contribution >= 0.6 is 0 Å². The normalized spacial score (nSPS) is 21.2. The molecule has 122 valence electrons. The molecule has 2 heteroatoms. The summed E-state index contributed by atoms with van der Waals surface area (Å²) in [5, 5.41) is 13.1. The molecule has 3 unspecified atom stereocenters. The highest BCUT2D eigenvalue weighted by molar-refractivity contribution is 5.39. The van der Waals surface area contributed by atoms with Crippen LogP contribution in [0.25, 0.3) is 0 Å². The third-order valence-corrected chi connectivity index (χ3v) is 4.98. The molecule has 3 rings (SSSR count). The zero-order valence-corrected chi connectivity index (χ0v) is 14.1. The van der Waals surface area contributed by atoms with Gasteiger partial charge in [0.25, 0.3) is 0 Å². The summed E-state index contributed by atoms with van der Waals surface area (Å²) in [7, 11) is 0. The Balaban J connectivity index is 1.84. The molecule has 0 aliphatic heterocycles. The van der Waals surface area contributed by atoms with E-state index >= 15 is 0 Å². The van der Waals surface area contributed by atoms with Gasteiger partial charge in [-0.2, -0.15) is 0 Å².